The Bertz CT molecular complexity index is 307. The second-order valence-electron chi connectivity index (χ2n) is 6.00. The van der Waals surface area contributed by atoms with E-state index in [0.29, 0.717) is 18.7 Å². The molecule has 4 nitrogen and oxygen atoms in total. The fourth-order valence-corrected chi connectivity index (χ4v) is 2.50. The van der Waals surface area contributed by atoms with Crippen molar-refractivity contribution in [1.82, 2.24) is 5.32 Å². The van der Waals surface area contributed by atoms with E-state index in [4.69, 9.17) is 4.74 Å². The standard InChI is InChI=1S/C14H25NO3/c1-5-12(16)11-8-6-7-10(11)9-15-13(17)18-14(2,3)4/h10-11H,5-9H2,1-4H3,(H,15,17)/t10-,11-/m0/s1. The maximum atomic E-state index is 11.8. The Hall–Kier alpha value is -1.06. The Morgan fingerprint density at radius 3 is 2.50 bits per heavy atom. The van der Waals surface area contributed by atoms with E-state index >= 15 is 0 Å². The molecule has 0 bridgehead atoms. The number of ether oxygens (including phenoxy) is 1. The van der Waals surface area contributed by atoms with Gasteiger partial charge in [-0.3, -0.25) is 4.79 Å². The molecule has 4 heteroatoms. The van der Waals surface area contributed by atoms with Gasteiger partial charge >= 0.3 is 6.09 Å². The number of Topliss-reactive ketones (excluding diaryl/α,β-unsaturated/α-hetero) is 1. The van der Waals surface area contributed by atoms with E-state index in [9.17, 15) is 9.59 Å². The van der Waals surface area contributed by atoms with Crippen LogP contribution in [-0.2, 0) is 9.53 Å². The van der Waals surface area contributed by atoms with Crippen LogP contribution < -0.4 is 5.32 Å². The van der Waals surface area contributed by atoms with Gasteiger partial charge in [-0.1, -0.05) is 13.3 Å². The predicted molar refractivity (Wildman–Crippen MR) is 70.4 cm³/mol. The number of carbonyl (C=O) groups excluding carboxylic acids is 2. The van der Waals surface area contributed by atoms with Gasteiger partial charge in [-0.05, 0) is 39.5 Å². The van der Waals surface area contributed by atoms with Crippen LogP contribution in [0, 0.1) is 11.8 Å². The molecule has 2 atom stereocenters. The van der Waals surface area contributed by atoms with Crippen LogP contribution in [-0.4, -0.2) is 24.0 Å². The Morgan fingerprint density at radius 2 is 1.94 bits per heavy atom. The van der Waals surface area contributed by atoms with Crippen LogP contribution in [0.25, 0.3) is 0 Å². The second kappa shape index (κ2) is 6.21. The third-order valence-corrected chi connectivity index (χ3v) is 3.33. The zero-order valence-corrected chi connectivity index (χ0v) is 11.9. The monoisotopic (exact) mass is 255 g/mol. The normalized spacial score (nSPS) is 23.8. The second-order valence-corrected chi connectivity index (χ2v) is 6.00. The molecule has 1 amide bonds. The highest BCUT2D eigenvalue weighted by Gasteiger charge is 2.32. The van der Waals surface area contributed by atoms with Gasteiger partial charge in [-0.25, -0.2) is 4.79 Å². The third kappa shape index (κ3) is 4.67. The van der Waals surface area contributed by atoms with Crippen LogP contribution in [0.15, 0.2) is 0 Å². The lowest BCUT2D eigenvalue weighted by atomic mass is 9.91. The highest BCUT2D eigenvalue weighted by molar-refractivity contribution is 5.81. The minimum atomic E-state index is -0.474. The maximum absolute atomic E-state index is 11.8. The molecule has 0 aromatic heterocycles. The van der Waals surface area contributed by atoms with Gasteiger partial charge in [0, 0.05) is 18.9 Å². The first-order valence-electron chi connectivity index (χ1n) is 6.83. The van der Waals surface area contributed by atoms with Gasteiger partial charge in [0.25, 0.3) is 0 Å². The largest absolute Gasteiger partial charge is 0.444 e. The van der Waals surface area contributed by atoms with E-state index in [1.807, 2.05) is 27.7 Å². The molecule has 1 fully saturated rings. The smallest absolute Gasteiger partial charge is 0.407 e. The molecule has 0 saturated heterocycles. The number of ketones is 1. The van der Waals surface area contributed by atoms with E-state index in [1.54, 1.807) is 0 Å². The van der Waals surface area contributed by atoms with Gasteiger partial charge in [0.05, 0.1) is 0 Å². The Balaban J connectivity index is 2.38. The molecule has 0 heterocycles. The molecule has 1 N–H and O–H groups in total. The van der Waals surface area contributed by atoms with Crippen molar-refractivity contribution in [2.24, 2.45) is 11.8 Å². The highest BCUT2D eigenvalue weighted by atomic mass is 16.6. The molecule has 1 saturated carbocycles. The molecule has 0 unspecified atom stereocenters. The van der Waals surface area contributed by atoms with Crippen LogP contribution in [0.5, 0.6) is 0 Å². The summed E-state index contributed by atoms with van der Waals surface area (Å²) in [7, 11) is 0. The third-order valence-electron chi connectivity index (χ3n) is 3.33. The minimum Gasteiger partial charge on any atom is -0.444 e. The predicted octanol–water partition coefficient (Wildman–Crippen LogP) is 2.91. The van der Waals surface area contributed by atoms with Crippen molar-refractivity contribution in [2.75, 3.05) is 6.54 Å². The summed E-state index contributed by atoms with van der Waals surface area (Å²) in [5.74, 6) is 0.735. The lowest BCUT2D eigenvalue weighted by Gasteiger charge is -2.22. The number of rotatable bonds is 4. The fraction of sp³-hybridized carbons (Fsp3) is 0.857. The Morgan fingerprint density at radius 1 is 1.28 bits per heavy atom. The SMILES string of the molecule is CCC(=O)[C@H]1CCC[C@H]1CNC(=O)OC(C)(C)C. The first-order valence-corrected chi connectivity index (χ1v) is 6.83. The summed E-state index contributed by atoms with van der Waals surface area (Å²) >= 11 is 0. The Labute approximate surface area is 109 Å². The molecular formula is C14H25NO3. The van der Waals surface area contributed by atoms with E-state index in [2.05, 4.69) is 5.32 Å². The molecule has 1 aliphatic carbocycles. The molecule has 1 aliphatic rings. The number of nitrogens with one attached hydrogen (secondary N) is 1. The van der Waals surface area contributed by atoms with Crippen molar-refractivity contribution in [3.8, 4) is 0 Å². The summed E-state index contributed by atoms with van der Waals surface area (Å²) in [4.78, 5) is 23.3. The van der Waals surface area contributed by atoms with Crippen molar-refractivity contribution in [3.05, 3.63) is 0 Å². The lowest BCUT2D eigenvalue weighted by Crippen LogP contribution is -2.37. The summed E-state index contributed by atoms with van der Waals surface area (Å²) in [5, 5.41) is 2.78. The zero-order chi connectivity index (χ0) is 13.8. The Kier molecular flexibility index (Phi) is 5.17. The van der Waals surface area contributed by atoms with Crippen LogP contribution >= 0.6 is 0 Å². The van der Waals surface area contributed by atoms with Crippen molar-refractivity contribution < 1.29 is 14.3 Å². The van der Waals surface area contributed by atoms with Crippen LogP contribution in [0.3, 0.4) is 0 Å². The van der Waals surface area contributed by atoms with Gasteiger partial charge in [-0.2, -0.15) is 0 Å². The van der Waals surface area contributed by atoms with Crippen molar-refractivity contribution in [2.45, 2.75) is 59.0 Å². The molecule has 0 radical (unpaired) electrons. The topological polar surface area (TPSA) is 55.4 Å². The first-order chi connectivity index (χ1) is 8.33. The molecule has 104 valence electrons. The van der Waals surface area contributed by atoms with Crippen LogP contribution in [0.1, 0.15) is 53.4 Å². The summed E-state index contributed by atoms with van der Waals surface area (Å²) in [5.41, 5.74) is -0.474. The highest BCUT2D eigenvalue weighted by Crippen LogP contribution is 2.32. The fourth-order valence-electron chi connectivity index (χ4n) is 2.50. The first kappa shape index (κ1) is 15.0. The van der Waals surface area contributed by atoms with Crippen LogP contribution in [0.2, 0.25) is 0 Å². The van der Waals surface area contributed by atoms with Gasteiger partial charge < -0.3 is 10.1 Å². The average Bonchev–Trinajstić information content (AvgIpc) is 2.71. The van der Waals surface area contributed by atoms with E-state index in [1.165, 1.54) is 0 Å². The van der Waals surface area contributed by atoms with Gasteiger partial charge in [0.1, 0.15) is 11.4 Å². The van der Waals surface area contributed by atoms with Gasteiger partial charge in [0.2, 0.25) is 0 Å². The van der Waals surface area contributed by atoms with Crippen LogP contribution in [0.4, 0.5) is 4.79 Å². The van der Waals surface area contributed by atoms with Gasteiger partial charge in [-0.15, -0.1) is 0 Å². The number of alkyl carbamates (subject to hydrolysis) is 1. The molecule has 0 aliphatic heterocycles. The molecule has 0 aromatic carbocycles. The molecule has 0 spiro atoms. The van der Waals surface area contributed by atoms with Crippen molar-refractivity contribution in [3.63, 3.8) is 0 Å². The number of carbonyl (C=O) groups is 2. The quantitative estimate of drug-likeness (QED) is 0.840. The van der Waals surface area contributed by atoms with Gasteiger partial charge in [0.15, 0.2) is 0 Å². The molecule has 1 rings (SSSR count). The number of hydrogen-bond acceptors (Lipinski definition) is 3. The van der Waals surface area contributed by atoms with Crippen molar-refractivity contribution >= 4 is 11.9 Å². The summed E-state index contributed by atoms with van der Waals surface area (Å²) in [6.07, 6.45) is 3.27. The lowest BCUT2D eigenvalue weighted by molar-refractivity contribution is -0.123. The summed E-state index contributed by atoms with van der Waals surface area (Å²) in [6.45, 7) is 7.97. The molecule has 18 heavy (non-hydrogen) atoms. The van der Waals surface area contributed by atoms with Crippen molar-refractivity contribution in [1.29, 1.82) is 0 Å². The molecular weight excluding hydrogens is 230 g/mol. The van der Waals surface area contributed by atoms with E-state index in [-0.39, 0.29) is 11.8 Å². The summed E-state index contributed by atoms with van der Waals surface area (Å²) in [6, 6.07) is 0. The minimum absolute atomic E-state index is 0.130. The number of amides is 1. The molecule has 0 aromatic rings. The maximum Gasteiger partial charge on any atom is 0.407 e. The zero-order valence-electron chi connectivity index (χ0n) is 11.9. The average molecular weight is 255 g/mol. The number of hydrogen-bond donors (Lipinski definition) is 1. The van der Waals surface area contributed by atoms with E-state index < -0.39 is 11.7 Å². The van der Waals surface area contributed by atoms with E-state index in [0.717, 1.165) is 19.3 Å². The summed E-state index contributed by atoms with van der Waals surface area (Å²) < 4.78 is 5.18.